The Kier molecular flexibility index (Phi) is 16.7. The first-order valence-electron chi connectivity index (χ1n) is 21.6. The molecule has 7 rings (SSSR count). The van der Waals surface area contributed by atoms with Gasteiger partial charge in [-0.1, -0.05) is 154 Å². The van der Waals surface area contributed by atoms with Crippen LogP contribution >= 0.6 is 7.82 Å². The van der Waals surface area contributed by atoms with E-state index in [1.165, 1.54) is 0 Å². The summed E-state index contributed by atoms with van der Waals surface area (Å²) in [6.45, 7) is 4.11. The van der Waals surface area contributed by atoms with Crippen molar-refractivity contribution >= 4 is 19.9 Å². The summed E-state index contributed by atoms with van der Waals surface area (Å²) in [5.74, 6) is -0.993. The van der Waals surface area contributed by atoms with Gasteiger partial charge in [0.25, 0.3) is 0 Å². The zero-order valence-electron chi connectivity index (χ0n) is 35.7. The topological polar surface area (TPSA) is 134 Å². The van der Waals surface area contributed by atoms with Gasteiger partial charge in [-0.15, -0.1) is 0 Å². The number of rotatable bonds is 22. The van der Waals surface area contributed by atoms with Gasteiger partial charge in [-0.05, 0) is 58.4 Å². The third-order valence-corrected chi connectivity index (χ3v) is 12.3. The molecule has 1 saturated heterocycles. The zero-order valence-corrected chi connectivity index (χ0v) is 36.6. The second-order valence-electron chi connectivity index (χ2n) is 15.3. The Labute approximate surface area is 369 Å². The highest BCUT2D eigenvalue weighted by molar-refractivity contribution is 7.48. The lowest BCUT2D eigenvalue weighted by molar-refractivity contribution is -0.293. The summed E-state index contributed by atoms with van der Waals surface area (Å²) in [5.41, 5.74) is 6.10. The molecule has 63 heavy (non-hydrogen) atoms. The molecule has 5 atom stereocenters. The van der Waals surface area contributed by atoms with Gasteiger partial charge in [-0.3, -0.25) is 13.6 Å². The summed E-state index contributed by atoms with van der Waals surface area (Å²) in [5, 5.41) is 0. The van der Waals surface area contributed by atoms with Crippen molar-refractivity contribution in [2.45, 2.75) is 89.4 Å². The van der Waals surface area contributed by atoms with Crippen LogP contribution in [0.15, 0.2) is 140 Å². The van der Waals surface area contributed by atoms with Gasteiger partial charge in [-0.2, -0.15) is 0 Å². The smallest absolute Gasteiger partial charge is 0.450 e. The Morgan fingerprint density at radius 3 is 1.73 bits per heavy atom. The lowest BCUT2D eigenvalue weighted by Crippen LogP contribution is -2.62. The Balaban J connectivity index is 1.23. The molecule has 12 nitrogen and oxygen atoms in total. The van der Waals surface area contributed by atoms with Crippen LogP contribution in [0.25, 0.3) is 11.1 Å². The van der Waals surface area contributed by atoms with Crippen molar-refractivity contribution in [3.05, 3.63) is 167 Å². The molecular weight excluding hydrogens is 824 g/mol. The van der Waals surface area contributed by atoms with Gasteiger partial charge in [0.1, 0.15) is 18.8 Å². The molecule has 0 unspecified atom stereocenters. The molecule has 0 spiro atoms. The number of phosphoric ester groups is 1. The van der Waals surface area contributed by atoms with E-state index in [-0.39, 0.29) is 51.1 Å². The lowest BCUT2D eigenvalue weighted by atomic mass is 9.98. The third-order valence-electron chi connectivity index (χ3n) is 10.8. The molecule has 0 radical (unpaired) electrons. The van der Waals surface area contributed by atoms with Crippen LogP contribution in [-0.4, -0.2) is 69.3 Å². The number of hydrogen-bond acceptors (Lipinski definition) is 12. The molecule has 5 aromatic rings. The fourth-order valence-corrected chi connectivity index (χ4v) is 8.88. The molecule has 0 bridgehead atoms. The molecular formula is C50H55O12P. The second kappa shape index (κ2) is 23.0. The standard InChI is InChI=1S/C50H55O12P/c1-3-5-30-57-63(53,58-31-6-4-2)62-49-47(60-48(51)38-24-14-9-15-25-38)46(55-33-37-22-12-8-13-23-37)45(44(59-49)35-54-32-36-20-10-7-11-21-36)61-50(52)56-34-43-41-28-18-16-26-39(41)40-27-17-19-29-42(40)43/h7-29,43-47,49H,3-6,30-35H2,1-2H3/t44-,45-,46+,47-,49+/m1/s1. The minimum atomic E-state index is -4.37. The van der Waals surface area contributed by atoms with Crippen molar-refractivity contribution in [1.29, 1.82) is 0 Å². The summed E-state index contributed by atoms with van der Waals surface area (Å²) in [6.07, 6.45) is -5.15. The number of unbranched alkanes of at least 4 members (excludes halogenated alkanes) is 2. The van der Waals surface area contributed by atoms with Crippen molar-refractivity contribution in [3.8, 4) is 11.1 Å². The van der Waals surface area contributed by atoms with E-state index in [4.69, 9.17) is 42.0 Å². The van der Waals surface area contributed by atoms with Gasteiger partial charge in [0.05, 0.1) is 38.6 Å². The van der Waals surface area contributed by atoms with E-state index in [1.54, 1.807) is 30.3 Å². The highest BCUT2D eigenvalue weighted by Crippen LogP contribution is 2.53. The molecule has 0 saturated carbocycles. The number of ether oxygens (including phenoxy) is 6. The zero-order chi connectivity index (χ0) is 43.9. The molecule has 1 aliphatic heterocycles. The lowest BCUT2D eigenvalue weighted by Gasteiger charge is -2.45. The normalized spacial score (nSPS) is 19.5. The van der Waals surface area contributed by atoms with E-state index in [0.29, 0.717) is 12.8 Å². The van der Waals surface area contributed by atoms with Crippen LogP contribution < -0.4 is 0 Å². The molecule has 0 aromatic heterocycles. The summed E-state index contributed by atoms with van der Waals surface area (Å²) in [4.78, 5) is 28.1. The fourth-order valence-electron chi connectivity index (χ4n) is 7.56. The van der Waals surface area contributed by atoms with E-state index in [1.807, 2.05) is 111 Å². The SMILES string of the molecule is CCCCOP(=O)(OCCCC)O[C@@H]1O[C@H](COCc2ccccc2)[C@@H](OC(=O)OCC2c3ccccc3-c3ccccc32)[C@H](OCc2ccccc2)[C@H]1OC(=O)c1ccccc1. The Morgan fingerprint density at radius 1 is 0.603 bits per heavy atom. The molecule has 1 aliphatic carbocycles. The first-order chi connectivity index (χ1) is 30.9. The largest absolute Gasteiger partial charge is 0.508 e. The Bertz CT molecular complexity index is 2180. The Morgan fingerprint density at radius 2 is 1.14 bits per heavy atom. The average molecular weight is 879 g/mol. The molecule has 0 amide bonds. The average Bonchev–Trinajstić information content (AvgIpc) is 3.63. The van der Waals surface area contributed by atoms with Gasteiger partial charge in [0, 0.05) is 5.92 Å². The summed E-state index contributed by atoms with van der Waals surface area (Å²) >= 11 is 0. The maximum Gasteiger partial charge on any atom is 0.508 e. The second-order valence-corrected chi connectivity index (χ2v) is 17.0. The van der Waals surface area contributed by atoms with Crippen molar-refractivity contribution in [2.24, 2.45) is 0 Å². The maximum absolute atomic E-state index is 14.5. The first-order valence-corrected chi connectivity index (χ1v) is 23.1. The van der Waals surface area contributed by atoms with Crippen LogP contribution in [0, 0.1) is 0 Å². The molecule has 5 aromatic carbocycles. The monoisotopic (exact) mass is 878 g/mol. The van der Waals surface area contributed by atoms with Crippen molar-refractivity contribution < 1.29 is 56.1 Å². The first kappa shape index (κ1) is 45.8. The van der Waals surface area contributed by atoms with E-state index in [2.05, 4.69) is 12.1 Å². The summed E-state index contributed by atoms with van der Waals surface area (Å²) < 4.78 is 70.2. The van der Waals surface area contributed by atoms with E-state index >= 15 is 0 Å². The van der Waals surface area contributed by atoms with Crippen LogP contribution in [0.3, 0.4) is 0 Å². The molecule has 2 aliphatic rings. The molecule has 13 heteroatoms. The highest BCUT2D eigenvalue weighted by Gasteiger charge is 2.54. The van der Waals surface area contributed by atoms with Gasteiger partial charge >= 0.3 is 19.9 Å². The van der Waals surface area contributed by atoms with Gasteiger partial charge in [0.15, 0.2) is 12.2 Å². The Hall–Kier alpha value is -5.17. The third kappa shape index (κ3) is 12.3. The highest BCUT2D eigenvalue weighted by atomic mass is 31.2. The minimum absolute atomic E-state index is 0.00256. The van der Waals surface area contributed by atoms with Crippen LogP contribution in [0.5, 0.6) is 0 Å². The van der Waals surface area contributed by atoms with Crippen molar-refractivity contribution in [2.75, 3.05) is 26.4 Å². The number of fused-ring (bicyclic) bond motifs is 3. The van der Waals surface area contributed by atoms with Crippen molar-refractivity contribution in [3.63, 3.8) is 0 Å². The van der Waals surface area contributed by atoms with Gasteiger partial charge < -0.3 is 28.4 Å². The minimum Gasteiger partial charge on any atom is -0.450 e. The molecule has 1 fully saturated rings. The van der Waals surface area contributed by atoms with Crippen LogP contribution in [-0.2, 0) is 59.8 Å². The van der Waals surface area contributed by atoms with E-state index in [9.17, 15) is 14.2 Å². The van der Waals surface area contributed by atoms with Crippen LogP contribution in [0.2, 0.25) is 0 Å². The summed E-state index contributed by atoms with van der Waals surface area (Å²) in [7, 11) is -4.37. The number of esters is 1. The number of benzene rings is 5. The number of phosphoric acid groups is 1. The molecule has 1 heterocycles. The molecule has 0 N–H and O–H groups in total. The quantitative estimate of drug-likeness (QED) is 0.0372. The van der Waals surface area contributed by atoms with Gasteiger partial charge in [0.2, 0.25) is 6.29 Å². The van der Waals surface area contributed by atoms with Crippen LogP contribution in [0.4, 0.5) is 4.79 Å². The van der Waals surface area contributed by atoms with Crippen LogP contribution in [0.1, 0.15) is 78.1 Å². The number of hydrogen-bond donors (Lipinski definition) is 0. The number of carbonyl (C=O) groups is 2. The van der Waals surface area contributed by atoms with E-state index in [0.717, 1.165) is 46.2 Å². The maximum atomic E-state index is 14.5. The predicted octanol–water partition coefficient (Wildman–Crippen LogP) is 10.8. The summed E-state index contributed by atoms with van der Waals surface area (Å²) in [6, 6.07) is 43.3. The number of carbonyl (C=O) groups excluding carboxylic acids is 2. The molecule has 332 valence electrons. The predicted molar refractivity (Wildman–Crippen MR) is 236 cm³/mol. The fraction of sp³-hybridized carbons (Fsp3) is 0.360. The van der Waals surface area contributed by atoms with Gasteiger partial charge in [-0.25, -0.2) is 14.2 Å². The van der Waals surface area contributed by atoms with Crippen molar-refractivity contribution in [1.82, 2.24) is 0 Å². The van der Waals surface area contributed by atoms with E-state index < -0.39 is 50.7 Å².